The smallest absolute Gasteiger partial charge is 0.377 e. The van der Waals surface area contributed by atoms with Crippen LogP contribution in [0.1, 0.15) is 25.7 Å². The SMILES string of the molecule is N#CC(CNCCOC1CCCC1)C(F)(F)F. The Bertz CT molecular complexity index is 256. The summed E-state index contributed by atoms with van der Waals surface area (Å²) in [6.07, 6.45) is 0.248. The molecular formula is C11H17F3N2O. The molecule has 3 nitrogen and oxygen atoms in total. The lowest BCUT2D eigenvalue weighted by molar-refractivity contribution is -0.157. The van der Waals surface area contributed by atoms with Gasteiger partial charge in [-0.2, -0.15) is 18.4 Å². The van der Waals surface area contributed by atoms with Crippen molar-refractivity contribution in [2.24, 2.45) is 5.92 Å². The van der Waals surface area contributed by atoms with Crippen LogP contribution in [0.2, 0.25) is 0 Å². The van der Waals surface area contributed by atoms with E-state index in [4.69, 9.17) is 10.00 Å². The number of alkyl halides is 3. The van der Waals surface area contributed by atoms with E-state index in [0.29, 0.717) is 13.2 Å². The van der Waals surface area contributed by atoms with Crippen LogP contribution < -0.4 is 5.32 Å². The van der Waals surface area contributed by atoms with E-state index in [0.717, 1.165) is 12.8 Å². The van der Waals surface area contributed by atoms with E-state index in [9.17, 15) is 13.2 Å². The molecule has 17 heavy (non-hydrogen) atoms. The second-order valence-corrected chi connectivity index (χ2v) is 4.20. The number of halogens is 3. The van der Waals surface area contributed by atoms with Gasteiger partial charge in [0.1, 0.15) is 0 Å². The first kappa shape index (κ1) is 14.3. The van der Waals surface area contributed by atoms with Crippen molar-refractivity contribution >= 4 is 0 Å². The van der Waals surface area contributed by atoms with Crippen molar-refractivity contribution in [2.75, 3.05) is 19.7 Å². The molecule has 98 valence electrons. The standard InChI is InChI=1S/C11H17F3N2O/c12-11(13,14)9(7-15)8-16-5-6-17-10-3-1-2-4-10/h9-10,16H,1-6,8H2. The fraction of sp³-hybridized carbons (Fsp3) is 0.909. The summed E-state index contributed by atoms with van der Waals surface area (Å²) in [5.41, 5.74) is 0. The van der Waals surface area contributed by atoms with Gasteiger partial charge in [-0.05, 0) is 12.8 Å². The Kier molecular flexibility index (Phi) is 5.72. The third-order valence-corrected chi connectivity index (χ3v) is 2.83. The molecule has 1 aliphatic carbocycles. The molecule has 0 aromatic heterocycles. The monoisotopic (exact) mass is 250 g/mol. The van der Waals surface area contributed by atoms with Crippen molar-refractivity contribution in [1.82, 2.24) is 5.32 Å². The van der Waals surface area contributed by atoms with Crippen LogP contribution in [0.4, 0.5) is 13.2 Å². The van der Waals surface area contributed by atoms with Gasteiger partial charge in [-0.3, -0.25) is 0 Å². The molecule has 1 saturated carbocycles. The maximum atomic E-state index is 12.2. The Labute approximate surface area is 98.9 Å². The van der Waals surface area contributed by atoms with Gasteiger partial charge in [0.2, 0.25) is 0 Å². The van der Waals surface area contributed by atoms with Gasteiger partial charge >= 0.3 is 6.18 Å². The van der Waals surface area contributed by atoms with Gasteiger partial charge in [-0.25, -0.2) is 0 Å². The number of nitrogens with zero attached hydrogens (tertiary/aromatic N) is 1. The lowest BCUT2D eigenvalue weighted by Crippen LogP contribution is -2.34. The minimum Gasteiger partial charge on any atom is -0.377 e. The van der Waals surface area contributed by atoms with Gasteiger partial charge in [0.15, 0.2) is 5.92 Å². The van der Waals surface area contributed by atoms with Crippen LogP contribution in [0, 0.1) is 17.2 Å². The van der Waals surface area contributed by atoms with E-state index < -0.39 is 12.1 Å². The number of rotatable bonds is 6. The molecule has 0 spiro atoms. The summed E-state index contributed by atoms with van der Waals surface area (Å²) < 4.78 is 42.0. The lowest BCUT2D eigenvalue weighted by Gasteiger charge is -2.15. The van der Waals surface area contributed by atoms with Crippen molar-refractivity contribution in [3.05, 3.63) is 0 Å². The van der Waals surface area contributed by atoms with Crippen LogP contribution in [0.25, 0.3) is 0 Å². The van der Waals surface area contributed by atoms with E-state index in [2.05, 4.69) is 5.32 Å². The second-order valence-electron chi connectivity index (χ2n) is 4.20. The van der Waals surface area contributed by atoms with Gasteiger partial charge in [-0.15, -0.1) is 0 Å². The number of nitrogens with one attached hydrogen (secondary N) is 1. The predicted octanol–water partition coefficient (Wildman–Crippen LogP) is 2.24. The quantitative estimate of drug-likeness (QED) is 0.735. The fourth-order valence-corrected chi connectivity index (χ4v) is 1.83. The molecule has 6 heteroatoms. The van der Waals surface area contributed by atoms with Gasteiger partial charge in [0, 0.05) is 13.1 Å². The first-order valence-corrected chi connectivity index (χ1v) is 5.82. The third-order valence-electron chi connectivity index (χ3n) is 2.83. The first-order chi connectivity index (χ1) is 8.04. The van der Waals surface area contributed by atoms with Gasteiger partial charge in [0.05, 0.1) is 18.8 Å². The van der Waals surface area contributed by atoms with Crippen molar-refractivity contribution in [2.45, 2.75) is 38.0 Å². The number of hydrogen-bond donors (Lipinski definition) is 1. The van der Waals surface area contributed by atoms with E-state index in [1.807, 2.05) is 0 Å². The summed E-state index contributed by atoms with van der Waals surface area (Å²) in [6.45, 7) is 0.388. The maximum Gasteiger partial charge on any atom is 0.405 e. The van der Waals surface area contributed by atoms with Crippen LogP contribution >= 0.6 is 0 Å². The lowest BCUT2D eigenvalue weighted by atomic mass is 10.1. The van der Waals surface area contributed by atoms with E-state index >= 15 is 0 Å². The Morgan fingerprint density at radius 3 is 2.53 bits per heavy atom. The molecule has 1 fully saturated rings. The largest absolute Gasteiger partial charge is 0.405 e. The van der Waals surface area contributed by atoms with Crippen LogP contribution in [0.3, 0.4) is 0 Å². The minimum absolute atomic E-state index is 0.270. The van der Waals surface area contributed by atoms with E-state index in [-0.39, 0.29) is 12.6 Å². The number of ether oxygens (including phenoxy) is 1. The minimum atomic E-state index is -4.45. The zero-order valence-corrected chi connectivity index (χ0v) is 9.59. The second kappa shape index (κ2) is 6.82. The molecule has 0 saturated heterocycles. The molecule has 1 unspecified atom stereocenters. The first-order valence-electron chi connectivity index (χ1n) is 5.82. The Balaban J connectivity index is 2.05. The molecule has 1 rings (SSSR count). The molecule has 0 amide bonds. The van der Waals surface area contributed by atoms with Gasteiger partial charge < -0.3 is 10.1 Å². The van der Waals surface area contributed by atoms with E-state index in [1.54, 1.807) is 0 Å². The third kappa shape index (κ3) is 5.37. The van der Waals surface area contributed by atoms with Crippen molar-refractivity contribution in [1.29, 1.82) is 5.26 Å². The normalized spacial score (nSPS) is 19.2. The Hall–Kier alpha value is -0.800. The van der Waals surface area contributed by atoms with Crippen LogP contribution in [0.5, 0.6) is 0 Å². The summed E-state index contributed by atoms with van der Waals surface area (Å²) in [7, 11) is 0. The summed E-state index contributed by atoms with van der Waals surface area (Å²) in [4.78, 5) is 0. The molecular weight excluding hydrogens is 233 g/mol. The average Bonchev–Trinajstić information content (AvgIpc) is 2.74. The number of hydrogen-bond acceptors (Lipinski definition) is 3. The molecule has 1 aliphatic rings. The number of nitriles is 1. The molecule has 0 aromatic carbocycles. The average molecular weight is 250 g/mol. The highest BCUT2D eigenvalue weighted by molar-refractivity contribution is 4.89. The zero-order chi connectivity index (χ0) is 12.7. The highest BCUT2D eigenvalue weighted by Gasteiger charge is 2.39. The fourth-order valence-electron chi connectivity index (χ4n) is 1.83. The molecule has 0 aliphatic heterocycles. The molecule has 0 radical (unpaired) electrons. The topological polar surface area (TPSA) is 45.0 Å². The van der Waals surface area contributed by atoms with Crippen molar-refractivity contribution in [3.8, 4) is 6.07 Å². The molecule has 0 aromatic rings. The zero-order valence-electron chi connectivity index (χ0n) is 9.59. The van der Waals surface area contributed by atoms with E-state index in [1.165, 1.54) is 18.9 Å². The van der Waals surface area contributed by atoms with Crippen LogP contribution in [0.15, 0.2) is 0 Å². The van der Waals surface area contributed by atoms with Crippen molar-refractivity contribution in [3.63, 3.8) is 0 Å². The summed E-state index contributed by atoms with van der Waals surface area (Å²) in [5.74, 6) is -1.94. The van der Waals surface area contributed by atoms with Crippen LogP contribution in [-0.2, 0) is 4.74 Å². The highest BCUT2D eigenvalue weighted by atomic mass is 19.4. The summed E-state index contributed by atoms with van der Waals surface area (Å²) in [5, 5.41) is 10.9. The Morgan fingerprint density at radius 1 is 1.35 bits per heavy atom. The van der Waals surface area contributed by atoms with Gasteiger partial charge in [0.25, 0.3) is 0 Å². The summed E-state index contributed by atoms with van der Waals surface area (Å²) >= 11 is 0. The highest BCUT2D eigenvalue weighted by Crippen LogP contribution is 2.24. The van der Waals surface area contributed by atoms with Crippen molar-refractivity contribution < 1.29 is 17.9 Å². The Morgan fingerprint density at radius 2 is 2.00 bits per heavy atom. The summed E-state index contributed by atoms with van der Waals surface area (Å²) in [6, 6.07) is 1.25. The molecule has 0 heterocycles. The molecule has 1 atom stereocenters. The van der Waals surface area contributed by atoms with Crippen LogP contribution in [-0.4, -0.2) is 32.0 Å². The maximum absolute atomic E-state index is 12.2. The van der Waals surface area contributed by atoms with Gasteiger partial charge in [-0.1, -0.05) is 12.8 Å². The molecule has 0 bridgehead atoms. The molecule has 1 N–H and O–H groups in total. The predicted molar refractivity (Wildman–Crippen MR) is 56.2 cm³/mol.